The van der Waals surface area contributed by atoms with Crippen LogP contribution in [0, 0.1) is 15.9 Å². The number of halogens is 1. The van der Waals surface area contributed by atoms with Crippen LogP contribution in [0.5, 0.6) is 0 Å². The molecule has 0 aliphatic carbocycles. The summed E-state index contributed by atoms with van der Waals surface area (Å²) in [6.45, 7) is 0. The lowest BCUT2D eigenvalue weighted by atomic mass is 9.97. The Balaban J connectivity index is 1.52. The van der Waals surface area contributed by atoms with Crippen molar-refractivity contribution in [2.75, 3.05) is 26.0 Å². The number of amides is 1. The van der Waals surface area contributed by atoms with E-state index in [9.17, 15) is 19.3 Å². The summed E-state index contributed by atoms with van der Waals surface area (Å²) in [5.41, 5.74) is 5.34. The molecule has 41 heavy (non-hydrogen) atoms. The minimum absolute atomic E-state index is 0.0788. The molecule has 204 valence electrons. The number of nitrogens with one attached hydrogen (secondary N) is 1. The summed E-state index contributed by atoms with van der Waals surface area (Å²) in [6.07, 6.45) is 0. The number of nitrogens with zero attached hydrogens (tertiary/aromatic N) is 3. The van der Waals surface area contributed by atoms with E-state index in [4.69, 9.17) is 8.83 Å². The van der Waals surface area contributed by atoms with Gasteiger partial charge in [0.15, 0.2) is 5.58 Å². The van der Waals surface area contributed by atoms with Gasteiger partial charge in [0.2, 0.25) is 5.89 Å². The van der Waals surface area contributed by atoms with Crippen molar-refractivity contribution in [2.24, 2.45) is 0 Å². The molecule has 0 aliphatic heterocycles. The van der Waals surface area contributed by atoms with Gasteiger partial charge in [-0.1, -0.05) is 12.1 Å². The lowest BCUT2D eigenvalue weighted by molar-refractivity contribution is -0.384. The van der Waals surface area contributed by atoms with Crippen LogP contribution in [0.1, 0.15) is 10.4 Å². The largest absolute Gasteiger partial charge is 0.455 e. The molecule has 0 saturated heterocycles. The van der Waals surface area contributed by atoms with Gasteiger partial charge in [0.1, 0.15) is 22.7 Å². The minimum Gasteiger partial charge on any atom is -0.455 e. The number of anilines is 1. The summed E-state index contributed by atoms with van der Waals surface area (Å²) in [4.78, 5) is 30.3. The molecule has 6 aromatic rings. The number of carbonyl (C=O) groups is 1. The standard InChI is InChI=1S/C31H23FN4O5/c1-33-30(37)28-23-15-22(25(35(2)3)16-26(23)40-29(28)17-7-9-20(32)10-8-17)18-5-4-6-19(13-18)31-34-24-12-11-21(36(38)39)14-27(24)41-31/h4-16H,1-3H3,(H,33,37). The second-order valence-electron chi connectivity index (χ2n) is 9.66. The van der Waals surface area contributed by atoms with E-state index in [2.05, 4.69) is 10.3 Å². The van der Waals surface area contributed by atoms with E-state index in [0.29, 0.717) is 50.4 Å². The molecule has 10 heteroatoms. The third-order valence-electron chi connectivity index (χ3n) is 6.85. The summed E-state index contributed by atoms with van der Waals surface area (Å²) in [7, 11) is 5.36. The molecule has 0 aliphatic rings. The Morgan fingerprint density at radius 2 is 1.68 bits per heavy atom. The molecule has 0 fully saturated rings. The molecule has 0 spiro atoms. The summed E-state index contributed by atoms with van der Waals surface area (Å²) in [5, 5.41) is 14.5. The van der Waals surface area contributed by atoms with Gasteiger partial charge in [0.05, 0.1) is 16.6 Å². The number of rotatable bonds is 6. The summed E-state index contributed by atoms with van der Waals surface area (Å²) in [5.74, 6) is -0.0557. The molecular weight excluding hydrogens is 527 g/mol. The third kappa shape index (κ3) is 4.55. The van der Waals surface area contributed by atoms with Crippen LogP contribution in [0.15, 0.2) is 87.7 Å². The zero-order valence-electron chi connectivity index (χ0n) is 22.3. The monoisotopic (exact) mass is 550 g/mol. The number of hydrogen-bond acceptors (Lipinski definition) is 7. The van der Waals surface area contributed by atoms with Crippen molar-refractivity contribution in [3.63, 3.8) is 0 Å². The van der Waals surface area contributed by atoms with E-state index in [1.807, 2.05) is 55.4 Å². The van der Waals surface area contributed by atoms with Crippen LogP contribution < -0.4 is 10.2 Å². The first-order chi connectivity index (χ1) is 19.7. The van der Waals surface area contributed by atoms with Crippen molar-refractivity contribution in [3.05, 3.63) is 100 Å². The summed E-state index contributed by atoms with van der Waals surface area (Å²) < 4.78 is 25.7. The predicted molar refractivity (Wildman–Crippen MR) is 154 cm³/mol. The Morgan fingerprint density at radius 1 is 0.927 bits per heavy atom. The third-order valence-corrected chi connectivity index (χ3v) is 6.85. The number of hydrogen-bond donors (Lipinski definition) is 1. The molecule has 2 aromatic heterocycles. The Hall–Kier alpha value is -5.51. The molecule has 1 amide bonds. The number of nitro groups is 1. The topological polar surface area (TPSA) is 115 Å². The summed E-state index contributed by atoms with van der Waals surface area (Å²) >= 11 is 0. The molecule has 0 saturated carbocycles. The van der Waals surface area contributed by atoms with E-state index in [0.717, 1.165) is 16.8 Å². The molecule has 2 heterocycles. The second kappa shape index (κ2) is 9.91. The highest BCUT2D eigenvalue weighted by Crippen LogP contribution is 2.41. The van der Waals surface area contributed by atoms with Crippen LogP contribution in [0.2, 0.25) is 0 Å². The molecular formula is C31H23FN4O5. The van der Waals surface area contributed by atoms with Crippen molar-refractivity contribution >= 4 is 39.4 Å². The van der Waals surface area contributed by atoms with Gasteiger partial charge in [-0.3, -0.25) is 14.9 Å². The Morgan fingerprint density at radius 3 is 2.39 bits per heavy atom. The average molecular weight is 551 g/mol. The van der Waals surface area contributed by atoms with Crippen LogP contribution in [0.4, 0.5) is 15.8 Å². The van der Waals surface area contributed by atoms with Gasteiger partial charge in [-0.2, -0.15) is 0 Å². The number of carbonyl (C=O) groups excluding carboxylic acids is 1. The lowest BCUT2D eigenvalue weighted by Crippen LogP contribution is -2.18. The van der Waals surface area contributed by atoms with Gasteiger partial charge in [0.25, 0.3) is 11.6 Å². The van der Waals surface area contributed by atoms with Crippen LogP contribution in [-0.2, 0) is 0 Å². The Kier molecular flexibility index (Phi) is 6.22. The first-order valence-corrected chi connectivity index (χ1v) is 12.6. The van der Waals surface area contributed by atoms with Crippen molar-refractivity contribution in [1.82, 2.24) is 10.3 Å². The number of oxazole rings is 1. The maximum Gasteiger partial charge on any atom is 0.273 e. The van der Waals surface area contributed by atoms with Gasteiger partial charge < -0.3 is 19.1 Å². The molecule has 0 bridgehead atoms. The Labute approximate surface area is 233 Å². The zero-order valence-corrected chi connectivity index (χ0v) is 22.3. The van der Waals surface area contributed by atoms with E-state index in [1.165, 1.54) is 24.3 Å². The zero-order chi connectivity index (χ0) is 28.8. The Bertz CT molecular complexity index is 1970. The SMILES string of the molecule is CNC(=O)c1c(-c2ccc(F)cc2)oc2cc(N(C)C)c(-c3cccc(-c4nc5ccc([N+](=O)[O-])cc5o4)c3)cc12. The van der Waals surface area contributed by atoms with E-state index < -0.39 is 4.92 Å². The van der Waals surface area contributed by atoms with E-state index >= 15 is 0 Å². The van der Waals surface area contributed by atoms with Crippen molar-refractivity contribution in [3.8, 4) is 33.9 Å². The maximum atomic E-state index is 13.6. The highest BCUT2D eigenvalue weighted by Gasteiger charge is 2.24. The van der Waals surface area contributed by atoms with Crippen molar-refractivity contribution < 1.29 is 22.9 Å². The quantitative estimate of drug-likeness (QED) is 0.175. The number of benzene rings is 4. The summed E-state index contributed by atoms with van der Waals surface area (Å²) in [6, 6.07) is 21.4. The smallest absolute Gasteiger partial charge is 0.273 e. The fraction of sp³-hybridized carbons (Fsp3) is 0.0968. The normalized spacial score (nSPS) is 11.2. The molecule has 9 nitrogen and oxygen atoms in total. The van der Waals surface area contributed by atoms with Crippen LogP contribution >= 0.6 is 0 Å². The van der Waals surface area contributed by atoms with Gasteiger partial charge >= 0.3 is 0 Å². The molecule has 1 N–H and O–H groups in total. The number of aromatic nitrogens is 1. The highest BCUT2D eigenvalue weighted by atomic mass is 19.1. The number of non-ortho nitro benzene ring substituents is 1. The number of fused-ring (bicyclic) bond motifs is 2. The minimum atomic E-state index is -0.481. The first-order valence-electron chi connectivity index (χ1n) is 12.6. The van der Waals surface area contributed by atoms with Crippen molar-refractivity contribution in [2.45, 2.75) is 0 Å². The maximum absolute atomic E-state index is 13.6. The fourth-order valence-electron chi connectivity index (χ4n) is 4.86. The van der Waals surface area contributed by atoms with Gasteiger partial charge in [-0.15, -0.1) is 0 Å². The first kappa shape index (κ1) is 25.8. The molecule has 6 rings (SSSR count). The fourth-order valence-corrected chi connectivity index (χ4v) is 4.86. The van der Waals surface area contributed by atoms with Gasteiger partial charge in [0, 0.05) is 61.0 Å². The molecule has 0 radical (unpaired) electrons. The predicted octanol–water partition coefficient (Wildman–Crippen LogP) is 7.05. The van der Waals surface area contributed by atoms with Crippen LogP contribution in [-0.4, -0.2) is 37.0 Å². The van der Waals surface area contributed by atoms with E-state index in [1.54, 1.807) is 25.2 Å². The van der Waals surface area contributed by atoms with Crippen molar-refractivity contribution in [1.29, 1.82) is 0 Å². The molecule has 0 atom stereocenters. The molecule has 4 aromatic carbocycles. The lowest BCUT2D eigenvalue weighted by Gasteiger charge is -2.18. The van der Waals surface area contributed by atoms with Gasteiger partial charge in [-0.25, -0.2) is 9.37 Å². The highest BCUT2D eigenvalue weighted by molar-refractivity contribution is 6.13. The van der Waals surface area contributed by atoms with Gasteiger partial charge in [-0.05, 0) is 54.1 Å². The average Bonchev–Trinajstić information content (AvgIpc) is 3.57. The molecule has 0 unspecified atom stereocenters. The van der Waals surface area contributed by atoms with Crippen LogP contribution in [0.25, 0.3) is 56.0 Å². The number of furan rings is 1. The van der Waals surface area contributed by atoms with E-state index in [-0.39, 0.29) is 17.4 Å². The number of nitro benzene ring substituents is 1. The van der Waals surface area contributed by atoms with Crippen LogP contribution in [0.3, 0.4) is 0 Å². The second-order valence-corrected chi connectivity index (χ2v) is 9.66.